The van der Waals surface area contributed by atoms with Gasteiger partial charge >= 0.3 is 12.1 Å². The van der Waals surface area contributed by atoms with Gasteiger partial charge in [-0.15, -0.1) is 11.3 Å². The molecule has 3 heterocycles. The lowest BCUT2D eigenvalue weighted by Gasteiger charge is -2.34. The number of hydrogen-bond acceptors (Lipinski definition) is 5. The van der Waals surface area contributed by atoms with E-state index in [0.29, 0.717) is 24.9 Å². The van der Waals surface area contributed by atoms with E-state index in [9.17, 15) is 21.6 Å². The van der Waals surface area contributed by atoms with Crippen molar-refractivity contribution >= 4 is 27.5 Å². The van der Waals surface area contributed by atoms with Crippen LogP contribution < -0.4 is 0 Å². The van der Waals surface area contributed by atoms with Gasteiger partial charge in [0.1, 0.15) is 0 Å². The summed E-state index contributed by atoms with van der Waals surface area (Å²) in [5, 5.41) is 9.24. The second-order valence-corrected chi connectivity index (χ2v) is 10.2. The van der Waals surface area contributed by atoms with E-state index in [0.717, 1.165) is 26.1 Å². The van der Waals surface area contributed by atoms with Gasteiger partial charge in [-0.05, 0) is 29.7 Å². The van der Waals surface area contributed by atoms with Crippen molar-refractivity contribution in [1.29, 1.82) is 0 Å². The molecule has 0 radical (unpaired) electrons. The fourth-order valence-corrected chi connectivity index (χ4v) is 5.35. The standard InChI is InChI=1S/C14H23N3O2S2.C2HF3O2/c1-15(2)21(18,19)17-6-5-12-8-16(9-13(12)10-17)11-14-4-3-7-20-14;3-2(4,5)1(6)7/h3-4,7,12-13H,5-6,8-11H2,1-2H3;(H,6,7)/t12-,13-;/m1./s1. The lowest BCUT2D eigenvalue weighted by molar-refractivity contribution is -0.192. The van der Waals surface area contributed by atoms with Gasteiger partial charge in [-0.25, -0.2) is 4.79 Å². The van der Waals surface area contributed by atoms with Crippen LogP contribution >= 0.6 is 11.3 Å². The van der Waals surface area contributed by atoms with Gasteiger partial charge in [0.25, 0.3) is 10.2 Å². The first-order valence-electron chi connectivity index (χ1n) is 8.63. The number of hydrogen-bond donors (Lipinski definition) is 1. The number of piperidine rings is 1. The first-order valence-corrected chi connectivity index (χ1v) is 10.9. The highest BCUT2D eigenvalue weighted by atomic mass is 32.2. The Morgan fingerprint density at radius 3 is 2.39 bits per heavy atom. The zero-order valence-electron chi connectivity index (χ0n) is 15.6. The van der Waals surface area contributed by atoms with Crippen molar-refractivity contribution in [1.82, 2.24) is 13.5 Å². The summed E-state index contributed by atoms with van der Waals surface area (Å²) in [4.78, 5) is 12.8. The summed E-state index contributed by atoms with van der Waals surface area (Å²) in [6.45, 7) is 4.46. The van der Waals surface area contributed by atoms with Gasteiger partial charge < -0.3 is 5.11 Å². The fraction of sp³-hybridized carbons (Fsp3) is 0.688. The van der Waals surface area contributed by atoms with Crippen LogP contribution in [0.2, 0.25) is 0 Å². The summed E-state index contributed by atoms with van der Waals surface area (Å²) in [5.41, 5.74) is 0. The van der Waals surface area contributed by atoms with Gasteiger partial charge in [-0.1, -0.05) is 6.07 Å². The van der Waals surface area contributed by atoms with Gasteiger partial charge in [0.15, 0.2) is 0 Å². The molecule has 1 aromatic heterocycles. The van der Waals surface area contributed by atoms with Crippen LogP contribution in [0.4, 0.5) is 13.2 Å². The number of thiophene rings is 1. The molecular weight excluding hydrogens is 419 g/mol. The largest absolute Gasteiger partial charge is 0.490 e. The lowest BCUT2D eigenvalue weighted by atomic mass is 9.90. The summed E-state index contributed by atoms with van der Waals surface area (Å²) in [6.07, 6.45) is -4.10. The molecule has 7 nitrogen and oxygen atoms in total. The van der Waals surface area contributed by atoms with E-state index in [4.69, 9.17) is 9.90 Å². The molecule has 2 aliphatic rings. The number of carboxylic acid groups (broad SMARTS) is 1. The highest BCUT2D eigenvalue weighted by Crippen LogP contribution is 2.33. The minimum absolute atomic E-state index is 0.480. The molecule has 12 heteroatoms. The molecule has 2 fully saturated rings. The number of likely N-dealkylation sites (tertiary alicyclic amines) is 1. The molecular formula is C16H24F3N3O4S2. The van der Waals surface area contributed by atoms with E-state index in [2.05, 4.69) is 22.4 Å². The number of halogens is 3. The van der Waals surface area contributed by atoms with E-state index >= 15 is 0 Å². The van der Waals surface area contributed by atoms with Gasteiger partial charge in [-0.3, -0.25) is 4.90 Å². The Hall–Kier alpha value is -1.21. The van der Waals surface area contributed by atoms with E-state index in [1.54, 1.807) is 29.7 Å². The molecule has 0 bridgehead atoms. The van der Waals surface area contributed by atoms with Crippen LogP contribution in [0.1, 0.15) is 11.3 Å². The van der Waals surface area contributed by atoms with Crippen molar-refractivity contribution in [3.8, 4) is 0 Å². The Bertz CT molecular complexity index is 754. The second kappa shape index (κ2) is 9.08. The summed E-state index contributed by atoms with van der Waals surface area (Å²) < 4.78 is 59.2. The van der Waals surface area contributed by atoms with Crippen molar-refractivity contribution in [2.75, 3.05) is 40.3 Å². The fourth-order valence-electron chi connectivity index (χ4n) is 3.42. The van der Waals surface area contributed by atoms with E-state index in [1.807, 2.05) is 0 Å². The smallest absolute Gasteiger partial charge is 0.475 e. The summed E-state index contributed by atoms with van der Waals surface area (Å²) in [6, 6.07) is 4.27. The molecule has 2 saturated heterocycles. The maximum absolute atomic E-state index is 12.3. The predicted molar refractivity (Wildman–Crippen MR) is 99.1 cm³/mol. The Kier molecular flexibility index (Phi) is 7.48. The maximum atomic E-state index is 12.3. The zero-order valence-corrected chi connectivity index (χ0v) is 17.2. The van der Waals surface area contributed by atoms with E-state index < -0.39 is 22.4 Å². The normalized spacial score (nSPS) is 23.9. The Labute approximate surface area is 166 Å². The molecule has 2 aliphatic heterocycles. The van der Waals surface area contributed by atoms with Gasteiger partial charge in [0, 0.05) is 51.7 Å². The van der Waals surface area contributed by atoms with Crippen LogP contribution in [-0.2, 0) is 21.5 Å². The minimum Gasteiger partial charge on any atom is -0.475 e. The summed E-state index contributed by atoms with van der Waals surface area (Å²) >= 11 is 1.80. The molecule has 1 N–H and O–H groups in total. The first kappa shape index (κ1) is 23.1. The minimum atomic E-state index is -5.08. The van der Waals surface area contributed by atoms with E-state index in [-0.39, 0.29) is 0 Å². The zero-order chi connectivity index (χ0) is 21.1. The van der Waals surface area contributed by atoms with Gasteiger partial charge in [0.2, 0.25) is 0 Å². The Morgan fingerprint density at radius 2 is 1.89 bits per heavy atom. The van der Waals surface area contributed by atoms with Gasteiger partial charge in [-0.2, -0.15) is 30.2 Å². The van der Waals surface area contributed by atoms with Gasteiger partial charge in [0.05, 0.1) is 0 Å². The number of carbonyl (C=O) groups is 1. The average molecular weight is 444 g/mol. The number of aliphatic carboxylic acids is 1. The third-order valence-corrected chi connectivity index (χ3v) is 7.60. The average Bonchev–Trinajstić information content (AvgIpc) is 3.22. The molecule has 0 spiro atoms. The van der Waals surface area contributed by atoms with Crippen LogP contribution in [-0.4, -0.2) is 79.5 Å². The SMILES string of the molecule is CN(C)S(=O)(=O)N1CC[C@@H]2CN(Cc3cccs3)C[C@@H]2C1.O=C(O)C(F)(F)F. The Balaban J connectivity index is 0.000000345. The third kappa shape index (κ3) is 5.89. The third-order valence-electron chi connectivity index (χ3n) is 4.83. The van der Waals surface area contributed by atoms with Crippen LogP contribution in [0.25, 0.3) is 0 Å². The molecule has 28 heavy (non-hydrogen) atoms. The molecule has 0 amide bonds. The van der Waals surface area contributed by atoms with Crippen LogP contribution in [0.15, 0.2) is 17.5 Å². The molecule has 1 aromatic rings. The summed E-state index contributed by atoms with van der Waals surface area (Å²) in [7, 11) is -0.0352. The molecule has 3 rings (SSSR count). The van der Waals surface area contributed by atoms with Crippen molar-refractivity contribution in [3.05, 3.63) is 22.4 Å². The Morgan fingerprint density at radius 1 is 1.29 bits per heavy atom. The second-order valence-electron chi connectivity index (χ2n) is 7.03. The molecule has 2 atom stereocenters. The van der Waals surface area contributed by atoms with Crippen molar-refractivity contribution in [2.45, 2.75) is 19.1 Å². The van der Waals surface area contributed by atoms with E-state index in [1.165, 1.54) is 9.18 Å². The number of carboxylic acids is 1. The van der Waals surface area contributed by atoms with Crippen LogP contribution in [0.5, 0.6) is 0 Å². The number of fused-ring (bicyclic) bond motifs is 1. The molecule has 0 aromatic carbocycles. The molecule has 0 unspecified atom stereocenters. The first-order chi connectivity index (χ1) is 12.9. The highest BCUT2D eigenvalue weighted by Gasteiger charge is 2.40. The van der Waals surface area contributed by atoms with Crippen molar-refractivity contribution in [2.24, 2.45) is 11.8 Å². The topological polar surface area (TPSA) is 81.2 Å². The molecule has 0 aliphatic carbocycles. The van der Waals surface area contributed by atoms with Crippen molar-refractivity contribution < 1.29 is 31.5 Å². The predicted octanol–water partition coefficient (Wildman–Crippen LogP) is 1.94. The molecule has 0 saturated carbocycles. The molecule has 160 valence electrons. The quantitative estimate of drug-likeness (QED) is 0.769. The monoisotopic (exact) mass is 443 g/mol. The van der Waals surface area contributed by atoms with Crippen molar-refractivity contribution in [3.63, 3.8) is 0 Å². The highest BCUT2D eigenvalue weighted by molar-refractivity contribution is 7.86. The number of rotatable bonds is 4. The van der Waals surface area contributed by atoms with Crippen LogP contribution in [0.3, 0.4) is 0 Å². The van der Waals surface area contributed by atoms with Crippen LogP contribution in [0, 0.1) is 11.8 Å². The number of nitrogens with zero attached hydrogens (tertiary/aromatic N) is 3. The lowest BCUT2D eigenvalue weighted by Crippen LogP contribution is -2.47. The summed E-state index contributed by atoms with van der Waals surface area (Å²) in [5.74, 6) is -1.63. The number of alkyl halides is 3. The maximum Gasteiger partial charge on any atom is 0.490 e.